The minimum absolute atomic E-state index is 0.00958. The van der Waals surface area contributed by atoms with E-state index < -0.39 is 22.2 Å². The Morgan fingerprint density at radius 1 is 1.43 bits per heavy atom. The van der Waals surface area contributed by atoms with Crippen LogP contribution in [0.4, 0.5) is 0 Å². The van der Waals surface area contributed by atoms with E-state index in [1.54, 1.807) is 0 Å². The summed E-state index contributed by atoms with van der Waals surface area (Å²) in [6.07, 6.45) is 2.57. The summed E-state index contributed by atoms with van der Waals surface area (Å²) < 4.78 is 37.3. The number of β-amino-alcohol motifs (C(OH)–C–C–N with tert-alkyl or cyclic N) is 1. The number of hydrogen-bond donors (Lipinski definition) is 1. The third kappa shape index (κ3) is 3.73. The van der Waals surface area contributed by atoms with E-state index in [1.165, 1.54) is 4.31 Å². The Hall–Kier alpha value is -1.03. The van der Waals surface area contributed by atoms with Crippen LogP contribution in [0.1, 0.15) is 50.4 Å². The molecule has 0 spiro atoms. The molecule has 0 amide bonds. The second-order valence-corrected chi connectivity index (χ2v) is 8.16. The van der Waals surface area contributed by atoms with E-state index >= 15 is 0 Å². The first-order chi connectivity index (χ1) is 11.0. The number of aliphatic hydroxyl groups is 1. The van der Waals surface area contributed by atoms with Gasteiger partial charge in [0.2, 0.25) is 15.9 Å². The van der Waals surface area contributed by atoms with E-state index in [2.05, 4.69) is 10.1 Å². The van der Waals surface area contributed by atoms with Gasteiger partial charge in [0.15, 0.2) is 5.82 Å². The molecule has 3 atom stereocenters. The van der Waals surface area contributed by atoms with Crippen LogP contribution in [0, 0.1) is 0 Å². The number of sulfonamides is 1. The molecule has 0 saturated carbocycles. The highest BCUT2D eigenvalue weighted by molar-refractivity contribution is 7.89. The molecule has 1 aromatic rings. The molecule has 2 aliphatic heterocycles. The quantitative estimate of drug-likeness (QED) is 0.806. The van der Waals surface area contributed by atoms with Gasteiger partial charge in [0.05, 0.1) is 18.0 Å². The second kappa shape index (κ2) is 6.84. The van der Waals surface area contributed by atoms with E-state index in [-0.39, 0.29) is 30.7 Å². The summed E-state index contributed by atoms with van der Waals surface area (Å²) >= 11 is 0. The van der Waals surface area contributed by atoms with Crippen LogP contribution >= 0.6 is 0 Å². The maximum Gasteiger partial charge on any atom is 0.245 e. The van der Waals surface area contributed by atoms with Crippen molar-refractivity contribution >= 4 is 10.0 Å². The molecule has 0 radical (unpaired) electrons. The third-order valence-corrected chi connectivity index (χ3v) is 6.27. The predicted octanol–water partition coefficient (Wildman–Crippen LogP) is 0.639. The highest BCUT2D eigenvalue weighted by atomic mass is 32.2. The Balaban J connectivity index is 1.72. The first kappa shape index (κ1) is 16.8. The van der Waals surface area contributed by atoms with Gasteiger partial charge in [-0.25, -0.2) is 8.42 Å². The van der Waals surface area contributed by atoms with Gasteiger partial charge in [0, 0.05) is 26.0 Å². The van der Waals surface area contributed by atoms with Crippen LogP contribution in [-0.4, -0.2) is 59.1 Å². The third-order valence-electron chi connectivity index (χ3n) is 4.40. The molecule has 2 fully saturated rings. The number of ether oxygens (including phenoxy) is 1. The fourth-order valence-corrected chi connectivity index (χ4v) is 4.89. The molecule has 1 N–H and O–H groups in total. The van der Waals surface area contributed by atoms with Crippen LogP contribution in [0.3, 0.4) is 0 Å². The molecule has 2 aliphatic rings. The van der Waals surface area contributed by atoms with Crippen molar-refractivity contribution in [3.8, 4) is 0 Å². The predicted molar refractivity (Wildman–Crippen MR) is 81.1 cm³/mol. The van der Waals surface area contributed by atoms with Crippen LogP contribution in [0.15, 0.2) is 4.52 Å². The van der Waals surface area contributed by atoms with Crippen LogP contribution in [-0.2, 0) is 21.2 Å². The monoisotopic (exact) mass is 345 g/mol. The number of aryl methyl sites for hydroxylation is 1. The zero-order valence-corrected chi connectivity index (χ0v) is 14.0. The lowest BCUT2D eigenvalue weighted by molar-refractivity contribution is 0.108. The van der Waals surface area contributed by atoms with Crippen molar-refractivity contribution in [1.82, 2.24) is 14.4 Å². The maximum atomic E-state index is 12.7. The van der Waals surface area contributed by atoms with Crippen molar-refractivity contribution in [3.05, 3.63) is 11.7 Å². The van der Waals surface area contributed by atoms with E-state index in [1.807, 2.05) is 6.92 Å². The zero-order valence-electron chi connectivity index (χ0n) is 13.2. The van der Waals surface area contributed by atoms with Gasteiger partial charge in [-0.1, -0.05) is 12.1 Å². The number of hydrogen-bond acceptors (Lipinski definition) is 7. The van der Waals surface area contributed by atoms with Gasteiger partial charge < -0.3 is 14.4 Å². The van der Waals surface area contributed by atoms with Gasteiger partial charge in [-0.3, -0.25) is 0 Å². The highest BCUT2D eigenvalue weighted by Gasteiger charge is 2.42. The van der Waals surface area contributed by atoms with Gasteiger partial charge in [-0.2, -0.15) is 9.29 Å². The summed E-state index contributed by atoms with van der Waals surface area (Å²) in [7, 11) is -3.51. The van der Waals surface area contributed by atoms with Gasteiger partial charge in [0.1, 0.15) is 6.04 Å². The van der Waals surface area contributed by atoms with Gasteiger partial charge in [-0.05, 0) is 19.3 Å². The van der Waals surface area contributed by atoms with Gasteiger partial charge in [-0.15, -0.1) is 0 Å². The average Bonchev–Trinajstić information content (AvgIpc) is 3.25. The van der Waals surface area contributed by atoms with E-state index in [9.17, 15) is 13.5 Å². The maximum absolute atomic E-state index is 12.7. The summed E-state index contributed by atoms with van der Waals surface area (Å²) in [5, 5.41) is 13.7. The number of aromatic nitrogens is 2. The molecule has 3 rings (SSSR count). The average molecular weight is 345 g/mol. The van der Waals surface area contributed by atoms with Gasteiger partial charge in [0.25, 0.3) is 0 Å². The standard InChI is InChI=1S/C14H23N3O5S/c1-2-13-15-14(22-16-13)12-8-10(18)9-17(12)23(19,20)7-5-11-4-3-6-21-11/h10-12,18H,2-9H2,1H3/t10-,11+,12+/m0/s1. The van der Waals surface area contributed by atoms with E-state index in [0.29, 0.717) is 25.3 Å². The molecule has 3 heterocycles. The fourth-order valence-electron chi connectivity index (χ4n) is 3.13. The summed E-state index contributed by atoms with van der Waals surface area (Å²) in [6, 6.07) is -0.577. The molecule has 9 heteroatoms. The number of aliphatic hydroxyl groups excluding tert-OH is 1. The molecule has 130 valence electrons. The lowest BCUT2D eigenvalue weighted by Crippen LogP contribution is -2.34. The molecule has 1 aromatic heterocycles. The smallest absolute Gasteiger partial charge is 0.245 e. The SMILES string of the molecule is CCc1noc([C@H]2C[C@H](O)CN2S(=O)(=O)CC[C@H]2CCCO2)n1. The minimum Gasteiger partial charge on any atom is -0.392 e. The molecule has 0 aromatic carbocycles. The minimum atomic E-state index is -3.51. The van der Waals surface area contributed by atoms with Crippen molar-refractivity contribution in [2.24, 2.45) is 0 Å². The molecule has 2 saturated heterocycles. The molecule has 0 bridgehead atoms. The normalized spacial score (nSPS) is 29.4. The van der Waals surface area contributed by atoms with Crippen molar-refractivity contribution in [3.63, 3.8) is 0 Å². The summed E-state index contributed by atoms with van der Waals surface area (Å²) in [4.78, 5) is 4.23. The summed E-state index contributed by atoms with van der Waals surface area (Å²) in [6.45, 7) is 2.67. The highest BCUT2D eigenvalue weighted by Crippen LogP contribution is 2.34. The van der Waals surface area contributed by atoms with Crippen molar-refractivity contribution < 1.29 is 22.8 Å². The Bertz CT molecular complexity index is 626. The number of rotatable bonds is 6. The Kier molecular flexibility index (Phi) is 5.00. The lowest BCUT2D eigenvalue weighted by Gasteiger charge is -2.21. The number of nitrogens with zero attached hydrogens (tertiary/aromatic N) is 3. The Morgan fingerprint density at radius 2 is 2.26 bits per heavy atom. The zero-order chi connectivity index (χ0) is 16.4. The lowest BCUT2D eigenvalue weighted by atomic mass is 10.2. The molecule has 23 heavy (non-hydrogen) atoms. The molecular weight excluding hydrogens is 322 g/mol. The molecule has 0 unspecified atom stereocenters. The van der Waals surface area contributed by atoms with Crippen LogP contribution in [0.5, 0.6) is 0 Å². The Labute approximate surface area is 135 Å². The largest absolute Gasteiger partial charge is 0.392 e. The molecule has 0 aliphatic carbocycles. The fraction of sp³-hybridized carbons (Fsp3) is 0.857. The van der Waals surface area contributed by atoms with E-state index in [0.717, 1.165) is 12.8 Å². The van der Waals surface area contributed by atoms with Gasteiger partial charge >= 0.3 is 0 Å². The second-order valence-electron chi connectivity index (χ2n) is 6.12. The first-order valence-corrected chi connectivity index (χ1v) is 9.72. The van der Waals surface area contributed by atoms with E-state index in [4.69, 9.17) is 9.26 Å². The van der Waals surface area contributed by atoms with Crippen LogP contribution < -0.4 is 0 Å². The molecule has 8 nitrogen and oxygen atoms in total. The topological polar surface area (TPSA) is 106 Å². The molecular formula is C14H23N3O5S. The Morgan fingerprint density at radius 3 is 2.91 bits per heavy atom. The van der Waals surface area contributed by atoms with Crippen molar-refractivity contribution in [2.45, 2.75) is 57.3 Å². The van der Waals surface area contributed by atoms with Crippen LogP contribution in [0.25, 0.3) is 0 Å². The van der Waals surface area contributed by atoms with Crippen molar-refractivity contribution in [1.29, 1.82) is 0 Å². The summed E-state index contributed by atoms with van der Waals surface area (Å²) in [5.41, 5.74) is 0. The first-order valence-electron chi connectivity index (χ1n) is 8.11. The van der Waals surface area contributed by atoms with Crippen LogP contribution in [0.2, 0.25) is 0 Å². The summed E-state index contributed by atoms with van der Waals surface area (Å²) in [5.74, 6) is 0.813. The van der Waals surface area contributed by atoms with Crippen molar-refractivity contribution in [2.75, 3.05) is 18.9 Å².